The van der Waals surface area contributed by atoms with Crippen LogP contribution in [0.2, 0.25) is 0 Å². The van der Waals surface area contributed by atoms with Crippen molar-refractivity contribution < 1.29 is 9.90 Å². The first kappa shape index (κ1) is 16.0. The zero-order valence-corrected chi connectivity index (χ0v) is 14.3. The number of fused-ring (bicyclic) bond motifs is 3. The van der Waals surface area contributed by atoms with E-state index in [-0.39, 0.29) is 0 Å². The van der Waals surface area contributed by atoms with Gasteiger partial charge in [0.05, 0.1) is 6.10 Å². The zero-order valence-electron chi connectivity index (χ0n) is 14.3. The number of rotatable bonds is 1. The lowest BCUT2D eigenvalue weighted by molar-refractivity contribution is -0.105. The molecular formula is C20H30O2. The Morgan fingerprint density at radius 3 is 2.64 bits per heavy atom. The number of carbonyl (C=O) groups excluding carboxylic acids is 1. The standard InChI is InChI=1S/C20H30O2/c1-19(2)9-4-10-20(3)17-7-5-14(13-21)11-16(22)12-15(17)6-8-18(19)20/h5-6,13,16-18,22H,4,7-12H2,1-3H3. The summed E-state index contributed by atoms with van der Waals surface area (Å²) in [4.78, 5) is 11.2. The van der Waals surface area contributed by atoms with Crippen LogP contribution in [-0.2, 0) is 4.79 Å². The van der Waals surface area contributed by atoms with E-state index in [2.05, 4.69) is 32.9 Å². The third kappa shape index (κ3) is 2.60. The second kappa shape index (κ2) is 5.63. The van der Waals surface area contributed by atoms with Gasteiger partial charge in [0.25, 0.3) is 0 Å². The molecule has 0 amide bonds. The second-order valence-corrected chi connectivity index (χ2v) is 8.66. The van der Waals surface area contributed by atoms with E-state index in [9.17, 15) is 9.90 Å². The maximum atomic E-state index is 11.2. The van der Waals surface area contributed by atoms with Crippen molar-refractivity contribution in [2.24, 2.45) is 22.7 Å². The molecule has 4 atom stereocenters. The number of aliphatic hydroxyl groups is 1. The number of aliphatic hydroxyl groups excluding tert-OH is 1. The van der Waals surface area contributed by atoms with Gasteiger partial charge in [-0.2, -0.15) is 0 Å². The maximum absolute atomic E-state index is 11.2. The van der Waals surface area contributed by atoms with Crippen molar-refractivity contribution in [1.29, 1.82) is 0 Å². The molecule has 0 aromatic rings. The number of aldehydes is 1. The van der Waals surface area contributed by atoms with E-state index in [0.29, 0.717) is 29.1 Å². The predicted molar refractivity (Wildman–Crippen MR) is 89.4 cm³/mol. The van der Waals surface area contributed by atoms with Crippen molar-refractivity contribution in [2.75, 3.05) is 0 Å². The average molecular weight is 302 g/mol. The van der Waals surface area contributed by atoms with Crippen LogP contribution < -0.4 is 0 Å². The molecule has 0 radical (unpaired) electrons. The molecule has 1 saturated carbocycles. The van der Waals surface area contributed by atoms with Crippen molar-refractivity contribution in [3.8, 4) is 0 Å². The Bertz CT molecular complexity index is 514. The summed E-state index contributed by atoms with van der Waals surface area (Å²) in [5, 5.41) is 10.3. The van der Waals surface area contributed by atoms with E-state index in [0.717, 1.165) is 31.1 Å². The van der Waals surface area contributed by atoms with E-state index in [1.165, 1.54) is 24.8 Å². The Balaban J connectivity index is 1.99. The summed E-state index contributed by atoms with van der Waals surface area (Å²) < 4.78 is 0. The van der Waals surface area contributed by atoms with Crippen LogP contribution in [0.15, 0.2) is 23.3 Å². The van der Waals surface area contributed by atoms with Crippen LogP contribution >= 0.6 is 0 Å². The van der Waals surface area contributed by atoms with Crippen LogP contribution in [0.5, 0.6) is 0 Å². The highest BCUT2D eigenvalue weighted by molar-refractivity contribution is 5.73. The minimum Gasteiger partial charge on any atom is -0.392 e. The Kier molecular flexibility index (Phi) is 4.09. The molecule has 2 nitrogen and oxygen atoms in total. The lowest BCUT2D eigenvalue weighted by atomic mass is 9.47. The van der Waals surface area contributed by atoms with Crippen molar-refractivity contribution >= 4 is 6.29 Å². The molecule has 0 saturated heterocycles. The number of allylic oxidation sites excluding steroid dienone is 2. The summed E-state index contributed by atoms with van der Waals surface area (Å²) in [6.07, 6.45) is 12.4. The quantitative estimate of drug-likeness (QED) is 0.574. The summed E-state index contributed by atoms with van der Waals surface area (Å²) in [7, 11) is 0. The fourth-order valence-electron chi connectivity index (χ4n) is 5.72. The van der Waals surface area contributed by atoms with Crippen LogP contribution in [-0.4, -0.2) is 17.5 Å². The van der Waals surface area contributed by atoms with Crippen molar-refractivity contribution in [2.45, 2.75) is 71.8 Å². The van der Waals surface area contributed by atoms with Crippen LogP contribution in [0.4, 0.5) is 0 Å². The van der Waals surface area contributed by atoms with Crippen molar-refractivity contribution in [3.05, 3.63) is 23.3 Å². The van der Waals surface area contributed by atoms with Crippen LogP contribution in [0.25, 0.3) is 0 Å². The van der Waals surface area contributed by atoms with Gasteiger partial charge in [0.1, 0.15) is 6.29 Å². The Morgan fingerprint density at radius 2 is 1.91 bits per heavy atom. The summed E-state index contributed by atoms with van der Waals surface area (Å²) in [6, 6.07) is 0. The highest BCUT2D eigenvalue weighted by Crippen LogP contribution is 2.61. The molecule has 0 aliphatic heterocycles. The van der Waals surface area contributed by atoms with Crippen LogP contribution in [0.1, 0.15) is 65.7 Å². The molecule has 4 unspecified atom stereocenters. The molecule has 0 bridgehead atoms. The van der Waals surface area contributed by atoms with E-state index < -0.39 is 6.10 Å². The van der Waals surface area contributed by atoms with Gasteiger partial charge >= 0.3 is 0 Å². The second-order valence-electron chi connectivity index (χ2n) is 8.66. The smallest absolute Gasteiger partial charge is 0.145 e. The molecule has 0 spiro atoms. The largest absolute Gasteiger partial charge is 0.392 e. The van der Waals surface area contributed by atoms with Gasteiger partial charge in [0.2, 0.25) is 0 Å². The monoisotopic (exact) mass is 302 g/mol. The van der Waals surface area contributed by atoms with E-state index >= 15 is 0 Å². The van der Waals surface area contributed by atoms with Crippen molar-refractivity contribution in [1.82, 2.24) is 0 Å². The van der Waals surface area contributed by atoms with Gasteiger partial charge in [-0.05, 0) is 60.3 Å². The lowest BCUT2D eigenvalue weighted by Crippen LogP contribution is -2.49. The molecule has 2 heteroatoms. The van der Waals surface area contributed by atoms with Gasteiger partial charge in [-0.25, -0.2) is 0 Å². The van der Waals surface area contributed by atoms with E-state index in [1.54, 1.807) is 0 Å². The molecule has 3 aliphatic carbocycles. The Labute approximate surface area is 134 Å². The topological polar surface area (TPSA) is 37.3 Å². The molecule has 0 aromatic heterocycles. The SMILES string of the molecule is CC1(C)CCCC2(C)C3CC=C(C=O)CC(O)CC3=CCC12. The molecule has 1 N–H and O–H groups in total. The Hall–Kier alpha value is -0.890. The van der Waals surface area contributed by atoms with E-state index in [1.807, 2.05) is 0 Å². The summed E-state index contributed by atoms with van der Waals surface area (Å²) >= 11 is 0. The van der Waals surface area contributed by atoms with Crippen LogP contribution in [0.3, 0.4) is 0 Å². The lowest BCUT2D eigenvalue weighted by Gasteiger charge is -2.57. The molecular weight excluding hydrogens is 272 g/mol. The molecule has 0 heterocycles. The molecule has 122 valence electrons. The first-order chi connectivity index (χ1) is 10.4. The average Bonchev–Trinajstić information content (AvgIpc) is 2.41. The summed E-state index contributed by atoms with van der Waals surface area (Å²) in [5.41, 5.74) is 2.94. The Morgan fingerprint density at radius 1 is 1.14 bits per heavy atom. The fourth-order valence-corrected chi connectivity index (χ4v) is 5.72. The number of hydrogen-bond donors (Lipinski definition) is 1. The first-order valence-electron chi connectivity index (χ1n) is 8.88. The minimum absolute atomic E-state index is 0.313. The third-order valence-electron chi connectivity index (χ3n) is 6.85. The number of carbonyl (C=O) groups is 1. The predicted octanol–water partition coefficient (Wildman–Crippen LogP) is 4.44. The zero-order chi connectivity index (χ0) is 16.0. The third-order valence-corrected chi connectivity index (χ3v) is 6.85. The molecule has 3 rings (SSSR count). The highest BCUT2D eigenvalue weighted by atomic mass is 16.3. The fraction of sp³-hybridized carbons (Fsp3) is 0.750. The first-order valence-corrected chi connectivity index (χ1v) is 8.88. The van der Waals surface area contributed by atoms with E-state index in [4.69, 9.17) is 0 Å². The van der Waals surface area contributed by atoms with Gasteiger partial charge in [-0.15, -0.1) is 0 Å². The van der Waals surface area contributed by atoms with Gasteiger partial charge in [0, 0.05) is 6.42 Å². The highest BCUT2D eigenvalue weighted by Gasteiger charge is 2.52. The summed E-state index contributed by atoms with van der Waals surface area (Å²) in [5.74, 6) is 1.21. The van der Waals surface area contributed by atoms with Crippen molar-refractivity contribution in [3.63, 3.8) is 0 Å². The molecule has 1 fully saturated rings. The molecule has 3 aliphatic rings. The normalized spacial score (nSPS) is 41.2. The minimum atomic E-state index is -0.401. The molecule has 0 aromatic carbocycles. The van der Waals surface area contributed by atoms with Gasteiger partial charge in [-0.1, -0.05) is 44.9 Å². The van der Waals surface area contributed by atoms with Gasteiger partial charge < -0.3 is 5.11 Å². The number of hydrogen-bond acceptors (Lipinski definition) is 2. The molecule has 22 heavy (non-hydrogen) atoms. The van der Waals surface area contributed by atoms with Gasteiger partial charge in [-0.3, -0.25) is 4.79 Å². The maximum Gasteiger partial charge on any atom is 0.145 e. The summed E-state index contributed by atoms with van der Waals surface area (Å²) in [6.45, 7) is 7.33. The van der Waals surface area contributed by atoms with Gasteiger partial charge in [0.15, 0.2) is 0 Å². The van der Waals surface area contributed by atoms with Crippen LogP contribution in [0, 0.1) is 22.7 Å².